The van der Waals surface area contributed by atoms with Crippen molar-refractivity contribution in [3.63, 3.8) is 0 Å². The molecule has 24 heavy (non-hydrogen) atoms. The molecule has 5 rings (SSSR count). The number of alkyl halides is 1. The minimum absolute atomic E-state index is 0.119. The van der Waals surface area contributed by atoms with Crippen molar-refractivity contribution in [3.8, 4) is 0 Å². The lowest BCUT2D eigenvalue weighted by Crippen LogP contribution is -2.49. The van der Waals surface area contributed by atoms with Crippen molar-refractivity contribution in [1.29, 1.82) is 0 Å². The third-order valence-corrected chi connectivity index (χ3v) is 9.07. The van der Waals surface area contributed by atoms with Gasteiger partial charge in [-0.3, -0.25) is 0 Å². The number of hydrogen-bond acceptors (Lipinski definition) is 3. The van der Waals surface area contributed by atoms with E-state index in [1.807, 2.05) is 0 Å². The van der Waals surface area contributed by atoms with Crippen molar-refractivity contribution in [2.45, 2.75) is 68.6 Å². The van der Waals surface area contributed by atoms with Crippen LogP contribution in [0.4, 0.5) is 0 Å². The molecule has 0 aromatic rings. The molecule has 0 amide bonds. The molecule has 1 N–H and O–H groups in total. The Labute approximate surface area is 153 Å². The number of rotatable bonds is 0. The topological polar surface area (TPSA) is 38.7 Å². The molecule has 3 nitrogen and oxygen atoms in total. The molecule has 3 saturated carbocycles. The quantitative estimate of drug-likeness (QED) is 0.495. The number of aliphatic hydroxyl groups is 1. The third kappa shape index (κ3) is 2.19. The summed E-state index contributed by atoms with van der Waals surface area (Å²) in [5.41, 5.74) is 1.73. The number of halogens is 1. The van der Waals surface area contributed by atoms with Gasteiger partial charge in [0.15, 0.2) is 5.79 Å². The molecule has 1 spiro atoms. The van der Waals surface area contributed by atoms with Crippen molar-refractivity contribution in [2.75, 3.05) is 13.2 Å². The standard InChI is InChI=1S/C20H29BrO3/c1-19-6-4-14-13-5-7-20(23-8-9-24-20)11-12(13)2-3-15(14)16(19)10-17(21)18(19)22/h2,13-18,22H,3-11H2,1H3/t13-,14+,15+,16-,17-,18-,19-/m0/s1. The molecular formula is C20H29BrO3. The molecule has 1 heterocycles. The normalized spacial score (nSPS) is 52.5. The Morgan fingerprint density at radius 1 is 1.17 bits per heavy atom. The van der Waals surface area contributed by atoms with Crippen molar-refractivity contribution >= 4 is 15.9 Å². The van der Waals surface area contributed by atoms with E-state index < -0.39 is 0 Å². The van der Waals surface area contributed by atoms with Gasteiger partial charge in [-0.15, -0.1) is 0 Å². The fourth-order valence-electron chi connectivity index (χ4n) is 6.93. The number of ether oxygens (including phenoxy) is 2. The molecule has 4 aliphatic carbocycles. The number of hydrogen-bond donors (Lipinski definition) is 1. The number of fused-ring (bicyclic) bond motifs is 5. The molecule has 5 aliphatic rings. The zero-order chi connectivity index (χ0) is 16.5. The van der Waals surface area contributed by atoms with Crippen molar-refractivity contribution in [3.05, 3.63) is 11.6 Å². The summed E-state index contributed by atoms with van der Waals surface area (Å²) in [5.74, 6) is 2.69. The van der Waals surface area contributed by atoms with Crippen LogP contribution in [-0.4, -0.2) is 35.0 Å². The maximum absolute atomic E-state index is 10.7. The van der Waals surface area contributed by atoms with Crippen LogP contribution in [0, 0.1) is 29.1 Å². The number of allylic oxidation sites excluding steroid dienone is 1. The van der Waals surface area contributed by atoms with Crippen LogP contribution < -0.4 is 0 Å². The predicted molar refractivity (Wildman–Crippen MR) is 95.8 cm³/mol. The molecule has 0 aromatic carbocycles. The van der Waals surface area contributed by atoms with E-state index in [2.05, 4.69) is 28.9 Å². The van der Waals surface area contributed by atoms with E-state index >= 15 is 0 Å². The zero-order valence-corrected chi connectivity index (χ0v) is 16.1. The summed E-state index contributed by atoms with van der Waals surface area (Å²) in [5, 5.41) is 10.7. The highest BCUT2D eigenvalue weighted by Gasteiger charge is 2.59. The van der Waals surface area contributed by atoms with Crippen molar-refractivity contribution < 1.29 is 14.6 Å². The third-order valence-electron chi connectivity index (χ3n) is 8.20. The van der Waals surface area contributed by atoms with Gasteiger partial charge in [-0.05, 0) is 61.2 Å². The van der Waals surface area contributed by atoms with Gasteiger partial charge in [-0.1, -0.05) is 34.5 Å². The predicted octanol–water partition coefficient (Wildman–Crippen LogP) is 4.04. The van der Waals surface area contributed by atoms with Gasteiger partial charge in [0.1, 0.15) is 0 Å². The summed E-state index contributed by atoms with van der Waals surface area (Å²) in [6, 6.07) is 0. The van der Waals surface area contributed by atoms with Crippen molar-refractivity contribution in [1.82, 2.24) is 0 Å². The number of aliphatic hydroxyl groups excluding tert-OH is 1. The van der Waals surface area contributed by atoms with Gasteiger partial charge < -0.3 is 14.6 Å². The Morgan fingerprint density at radius 2 is 1.96 bits per heavy atom. The molecule has 0 aromatic heterocycles. The summed E-state index contributed by atoms with van der Waals surface area (Å²) in [6.45, 7) is 3.86. The maximum atomic E-state index is 10.7. The van der Waals surface area contributed by atoms with E-state index in [9.17, 15) is 5.11 Å². The highest BCUT2D eigenvalue weighted by Crippen LogP contribution is 2.62. The Kier molecular flexibility index (Phi) is 3.76. The average molecular weight is 397 g/mol. The molecule has 0 radical (unpaired) electrons. The first-order valence-electron chi connectivity index (χ1n) is 9.81. The van der Waals surface area contributed by atoms with Gasteiger partial charge in [-0.2, -0.15) is 0 Å². The first-order valence-corrected chi connectivity index (χ1v) is 10.7. The second-order valence-corrected chi connectivity index (χ2v) is 10.3. The van der Waals surface area contributed by atoms with Gasteiger partial charge in [0.25, 0.3) is 0 Å². The van der Waals surface area contributed by atoms with Crippen LogP contribution in [0.2, 0.25) is 0 Å². The van der Waals surface area contributed by atoms with E-state index in [0.29, 0.717) is 5.92 Å². The summed E-state index contributed by atoms with van der Waals surface area (Å²) in [4.78, 5) is 0.284. The monoisotopic (exact) mass is 396 g/mol. The summed E-state index contributed by atoms with van der Waals surface area (Å²) >= 11 is 3.76. The zero-order valence-electron chi connectivity index (χ0n) is 14.5. The summed E-state index contributed by atoms with van der Waals surface area (Å²) in [6.07, 6.45) is 10.4. The Hall–Kier alpha value is 0.100. The average Bonchev–Trinajstić information content (AvgIpc) is 3.12. The van der Waals surface area contributed by atoms with E-state index in [1.165, 1.54) is 25.7 Å². The lowest BCUT2D eigenvalue weighted by atomic mass is 9.52. The lowest BCUT2D eigenvalue weighted by molar-refractivity contribution is -0.176. The van der Waals surface area contributed by atoms with E-state index in [4.69, 9.17) is 9.47 Å². The highest BCUT2D eigenvalue weighted by atomic mass is 79.9. The van der Waals surface area contributed by atoms with Gasteiger partial charge in [0.2, 0.25) is 0 Å². The molecule has 1 aliphatic heterocycles. The first-order chi connectivity index (χ1) is 11.5. The van der Waals surface area contributed by atoms with Gasteiger partial charge in [0.05, 0.1) is 19.3 Å². The Bertz CT molecular complexity index is 555. The molecular weight excluding hydrogens is 368 g/mol. The molecule has 0 unspecified atom stereocenters. The van der Waals surface area contributed by atoms with Gasteiger partial charge in [0, 0.05) is 17.7 Å². The minimum Gasteiger partial charge on any atom is -0.391 e. The second kappa shape index (κ2) is 5.55. The largest absolute Gasteiger partial charge is 0.391 e. The highest BCUT2D eigenvalue weighted by molar-refractivity contribution is 9.09. The van der Waals surface area contributed by atoms with Crippen LogP contribution in [0.25, 0.3) is 0 Å². The lowest BCUT2D eigenvalue weighted by Gasteiger charge is -2.53. The Balaban J connectivity index is 1.41. The Morgan fingerprint density at radius 3 is 2.75 bits per heavy atom. The fourth-order valence-corrected chi connectivity index (χ4v) is 7.94. The van der Waals surface area contributed by atoms with Crippen LogP contribution in [0.1, 0.15) is 51.9 Å². The molecule has 0 bridgehead atoms. The summed E-state index contributed by atoms with van der Waals surface area (Å²) < 4.78 is 12.0. The van der Waals surface area contributed by atoms with E-state index in [1.54, 1.807) is 5.57 Å². The van der Waals surface area contributed by atoms with Gasteiger partial charge in [-0.25, -0.2) is 0 Å². The first kappa shape index (κ1) is 16.3. The van der Waals surface area contributed by atoms with Crippen LogP contribution in [0.5, 0.6) is 0 Å². The SMILES string of the molecule is C[C@]12CC[C@H]3[C@@H](CC=C4CC5(CC[C@@H]43)OCCO5)[C@@H]1C[C@H](Br)[C@@H]2O. The smallest absolute Gasteiger partial charge is 0.172 e. The van der Waals surface area contributed by atoms with E-state index in [0.717, 1.165) is 50.2 Å². The van der Waals surface area contributed by atoms with Crippen LogP contribution in [0.15, 0.2) is 11.6 Å². The molecule has 134 valence electrons. The molecule has 4 fully saturated rings. The molecule has 4 heteroatoms. The molecule has 1 saturated heterocycles. The molecule has 7 atom stereocenters. The minimum atomic E-state index is -0.289. The van der Waals surface area contributed by atoms with Crippen molar-refractivity contribution in [2.24, 2.45) is 29.1 Å². The maximum Gasteiger partial charge on any atom is 0.172 e. The summed E-state index contributed by atoms with van der Waals surface area (Å²) in [7, 11) is 0. The second-order valence-electron chi connectivity index (χ2n) is 9.12. The van der Waals surface area contributed by atoms with Gasteiger partial charge >= 0.3 is 0 Å². The van der Waals surface area contributed by atoms with Crippen LogP contribution in [0.3, 0.4) is 0 Å². The fraction of sp³-hybridized carbons (Fsp3) is 0.900. The van der Waals surface area contributed by atoms with Crippen LogP contribution in [-0.2, 0) is 9.47 Å². The van der Waals surface area contributed by atoms with Crippen LogP contribution >= 0.6 is 15.9 Å². The van der Waals surface area contributed by atoms with E-state index in [-0.39, 0.29) is 22.1 Å².